The number of methoxy groups -OCH3 is 1. The number of hydrogen-bond acceptors (Lipinski definition) is 3. The smallest absolute Gasteiger partial charge is 0.298 e. The molecule has 0 atom stereocenters. The van der Waals surface area contributed by atoms with Crippen LogP contribution in [0.1, 0.15) is 13.8 Å². The van der Waals surface area contributed by atoms with Gasteiger partial charge in [0, 0.05) is 6.04 Å². The highest BCUT2D eigenvalue weighted by Gasteiger charge is 2.06. The van der Waals surface area contributed by atoms with E-state index in [4.69, 9.17) is 11.3 Å². The molecule has 54 valence electrons. The summed E-state index contributed by atoms with van der Waals surface area (Å²) in [6.45, 7) is 3.76. The van der Waals surface area contributed by atoms with E-state index in [1.54, 1.807) is 0 Å². The second kappa shape index (κ2) is 3.29. The number of nitrogens with one attached hydrogen (secondary N) is 1. The van der Waals surface area contributed by atoms with E-state index in [9.17, 15) is 0 Å². The lowest BCUT2D eigenvalue weighted by molar-refractivity contribution is 0.249. The standard InChI is InChI=1S/C5H13N3O/c1-4(2)8(7)5(6)9-3/h4,6H,7H2,1-3H3. The van der Waals surface area contributed by atoms with Gasteiger partial charge in [-0.15, -0.1) is 0 Å². The van der Waals surface area contributed by atoms with Crippen molar-refractivity contribution < 1.29 is 4.74 Å². The summed E-state index contributed by atoms with van der Waals surface area (Å²) >= 11 is 0. The Bertz CT molecular complexity index is 102. The second-order valence-corrected chi connectivity index (χ2v) is 2.01. The van der Waals surface area contributed by atoms with Crippen LogP contribution in [0.3, 0.4) is 0 Å². The lowest BCUT2D eigenvalue weighted by atomic mass is 10.4. The Kier molecular flexibility index (Phi) is 3.01. The predicted octanol–water partition coefficient (Wildman–Crippen LogP) is 0.152. The van der Waals surface area contributed by atoms with Crippen molar-refractivity contribution in [2.75, 3.05) is 7.11 Å². The minimum absolute atomic E-state index is 0.00926. The molecule has 0 aromatic heterocycles. The first-order valence-corrected chi connectivity index (χ1v) is 2.76. The summed E-state index contributed by atoms with van der Waals surface area (Å²) in [6, 6.07) is 0.0995. The van der Waals surface area contributed by atoms with Crippen molar-refractivity contribution in [2.24, 2.45) is 5.84 Å². The molecule has 0 aliphatic heterocycles. The topological polar surface area (TPSA) is 62.3 Å². The van der Waals surface area contributed by atoms with Gasteiger partial charge in [0.25, 0.3) is 6.02 Å². The van der Waals surface area contributed by atoms with Gasteiger partial charge in [-0.2, -0.15) is 0 Å². The fourth-order valence-corrected chi connectivity index (χ4v) is 0.340. The average molecular weight is 131 g/mol. The summed E-state index contributed by atoms with van der Waals surface area (Å²) in [6.07, 6.45) is 0. The molecule has 0 amide bonds. The Morgan fingerprint density at radius 3 is 2.22 bits per heavy atom. The zero-order valence-electron chi connectivity index (χ0n) is 6.01. The number of ether oxygens (including phenoxy) is 1. The van der Waals surface area contributed by atoms with Gasteiger partial charge in [0.2, 0.25) is 0 Å². The van der Waals surface area contributed by atoms with E-state index in [2.05, 4.69) is 4.74 Å². The van der Waals surface area contributed by atoms with Gasteiger partial charge in [-0.3, -0.25) is 10.4 Å². The minimum atomic E-state index is -0.00926. The lowest BCUT2D eigenvalue weighted by Crippen LogP contribution is -2.42. The molecule has 0 spiro atoms. The molecular formula is C5H13N3O. The third-order valence-electron chi connectivity index (χ3n) is 0.984. The summed E-state index contributed by atoms with van der Waals surface area (Å²) in [5.74, 6) is 5.35. The van der Waals surface area contributed by atoms with E-state index >= 15 is 0 Å². The number of nitrogens with zero attached hydrogens (tertiary/aromatic N) is 1. The van der Waals surface area contributed by atoms with E-state index in [-0.39, 0.29) is 12.1 Å². The molecule has 4 heteroatoms. The quantitative estimate of drug-likeness (QED) is 0.230. The van der Waals surface area contributed by atoms with Crippen molar-refractivity contribution in [2.45, 2.75) is 19.9 Å². The van der Waals surface area contributed by atoms with Gasteiger partial charge in [0.05, 0.1) is 7.11 Å². The molecule has 0 fully saturated rings. The van der Waals surface area contributed by atoms with Crippen LogP contribution in [0.25, 0.3) is 0 Å². The zero-order valence-corrected chi connectivity index (χ0v) is 6.01. The first-order chi connectivity index (χ1) is 4.09. The average Bonchev–Trinajstić information content (AvgIpc) is 1.84. The van der Waals surface area contributed by atoms with Gasteiger partial charge in [-0.1, -0.05) is 0 Å². The van der Waals surface area contributed by atoms with Gasteiger partial charge < -0.3 is 4.74 Å². The van der Waals surface area contributed by atoms with Crippen molar-refractivity contribution in [3.8, 4) is 0 Å². The first-order valence-electron chi connectivity index (χ1n) is 2.76. The summed E-state index contributed by atoms with van der Waals surface area (Å²) < 4.78 is 4.56. The van der Waals surface area contributed by atoms with Crippen LogP contribution < -0.4 is 5.84 Å². The van der Waals surface area contributed by atoms with Crippen molar-refractivity contribution >= 4 is 6.02 Å². The van der Waals surface area contributed by atoms with E-state index in [1.165, 1.54) is 12.1 Å². The highest BCUT2D eigenvalue weighted by molar-refractivity contribution is 5.69. The van der Waals surface area contributed by atoms with Crippen LogP contribution in [0.5, 0.6) is 0 Å². The molecule has 0 saturated heterocycles. The van der Waals surface area contributed by atoms with Crippen LogP contribution in [0.2, 0.25) is 0 Å². The summed E-state index contributed by atoms with van der Waals surface area (Å²) in [5.41, 5.74) is 0. The fraction of sp³-hybridized carbons (Fsp3) is 0.800. The Balaban J connectivity index is 3.72. The molecule has 0 aromatic carbocycles. The Hall–Kier alpha value is -0.770. The molecule has 0 unspecified atom stereocenters. The number of hydrazine groups is 1. The summed E-state index contributed by atoms with van der Waals surface area (Å²) in [7, 11) is 1.42. The monoisotopic (exact) mass is 131 g/mol. The SMILES string of the molecule is COC(=N)N(N)C(C)C. The normalized spacial score (nSPS) is 9.44. The van der Waals surface area contributed by atoms with Crippen LogP contribution in [0.4, 0.5) is 0 Å². The van der Waals surface area contributed by atoms with Crippen LogP contribution in [0.15, 0.2) is 0 Å². The summed E-state index contributed by atoms with van der Waals surface area (Å²) in [5, 5.41) is 8.30. The largest absolute Gasteiger partial charge is 0.468 e. The van der Waals surface area contributed by atoms with Gasteiger partial charge in [0.15, 0.2) is 0 Å². The Labute approximate surface area is 55.1 Å². The van der Waals surface area contributed by atoms with Gasteiger partial charge in [-0.25, -0.2) is 5.84 Å². The summed E-state index contributed by atoms with van der Waals surface area (Å²) in [4.78, 5) is 0. The molecule has 0 aliphatic carbocycles. The highest BCUT2D eigenvalue weighted by Crippen LogP contribution is 1.90. The predicted molar refractivity (Wildman–Crippen MR) is 35.9 cm³/mol. The van der Waals surface area contributed by atoms with Crippen LogP contribution in [0, 0.1) is 5.41 Å². The second-order valence-electron chi connectivity index (χ2n) is 2.01. The van der Waals surface area contributed by atoms with Crippen LogP contribution in [-0.4, -0.2) is 24.2 Å². The molecule has 0 heterocycles. The number of hydrogen-bond donors (Lipinski definition) is 2. The molecule has 0 rings (SSSR count). The molecule has 0 aliphatic rings. The fourth-order valence-electron chi connectivity index (χ4n) is 0.340. The van der Waals surface area contributed by atoms with Crippen LogP contribution in [-0.2, 0) is 4.74 Å². The molecule has 9 heavy (non-hydrogen) atoms. The zero-order chi connectivity index (χ0) is 7.44. The van der Waals surface area contributed by atoms with E-state index < -0.39 is 0 Å². The molecule has 3 N–H and O–H groups in total. The van der Waals surface area contributed by atoms with Crippen molar-refractivity contribution in [1.82, 2.24) is 5.01 Å². The molecule has 0 aromatic rings. The molecule has 4 nitrogen and oxygen atoms in total. The maximum Gasteiger partial charge on any atom is 0.298 e. The maximum absolute atomic E-state index is 7.05. The van der Waals surface area contributed by atoms with E-state index in [0.29, 0.717) is 0 Å². The third-order valence-corrected chi connectivity index (χ3v) is 0.984. The van der Waals surface area contributed by atoms with Crippen molar-refractivity contribution in [3.05, 3.63) is 0 Å². The number of rotatable bonds is 1. The minimum Gasteiger partial charge on any atom is -0.468 e. The van der Waals surface area contributed by atoms with E-state index in [0.717, 1.165) is 0 Å². The van der Waals surface area contributed by atoms with E-state index in [1.807, 2.05) is 13.8 Å². The number of nitrogens with two attached hydrogens (primary N) is 1. The molecular weight excluding hydrogens is 118 g/mol. The van der Waals surface area contributed by atoms with Gasteiger partial charge in [0.1, 0.15) is 0 Å². The van der Waals surface area contributed by atoms with Gasteiger partial charge in [-0.05, 0) is 13.8 Å². The van der Waals surface area contributed by atoms with Gasteiger partial charge >= 0.3 is 0 Å². The first kappa shape index (κ1) is 8.23. The maximum atomic E-state index is 7.05. The highest BCUT2D eigenvalue weighted by atomic mass is 16.5. The van der Waals surface area contributed by atoms with Crippen molar-refractivity contribution in [1.29, 1.82) is 5.41 Å². The Morgan fingerprint density at radius 2 is 2.11 bits per heavy atom. The molecule has 0 saturated carbocycles. The Morgan fingerprint density at radius 1 is 1.67 bits per heavy atom. The third kappa shape index (κ3) is 2.32. The molecule has 0 radical (unpaired) electrons. The van der Waals surface area contributed by atoms with Crippen LogP contribution >= 0.6 is 0 Å². The number of amidine groups is 1. The lowest BCUT2D eigenvalue weighted by Gasteiger charge is -2.20. The van der Waals surface area contributed by atoms with Crippen molar-refractivity contribution in [3.63, 3.8) is 0 Å². The molecule has 0 bridgehead atoms.